The highest BCUT2D eigenvalue weighted by Gasteiger charge is 2.43. The van der Waals surface area contributed by atoms with E-state index in [0.717, 1.165) is 38.1 Å². The summed E-state index contributed by atoms with van der Waals surface area (Å²) in [4.78, 5) is 15.3. The fourth-order valence-electron chi connectivity index (χ4n) is 6.25. The van der Waals surface area contributed by atoms with Crippen LogP contribution in [0.4, 0.5) is 4.39 Å². The minimum absolute atomic E-state index is 0.0170. The van der Waals surface area contributed by atoms with Crippen LogP contribution in [0.25, 0.3) is 0 Å². The molecule has 0 radical (unpaired) electrons. The summed E-state index contributed by atoms with van der Waals surface area (Å²) in [6.45, 7) is 2.58. The van der Waals surface area contributed by atoms with E-state index in [9.17, 15) is 9.90 Å². The van der Waals surface area contributed by atoms with Crippen molar-refractivity contribution in [3.05, 3.63) is 34.6 Å². The van der Waals surface area contributed by atoms with E-state index in [2.05, 4.69) is 5.32 Å². The van der Waals surface area contributed by atoms with Gasteiger partial charge < -0.3 is 20.1 Å². The molecule has 2 N–H and O–H groups in total. The molecular weight excluding hydrogens is 467 g/mol. The quantitative estimate of drug-likeness (QED) is 0.343. The summed E-state index contributed by atoms with van der Waals surface area (Å²) in [7, 11) is 3.60. The Bertz CT molecular complexity index is 804. The Kier molecular flexibility index (Phi) is 11.3. The average Bonchev–Trinajstić information content (AvgIpc) is 3.36. The molecule has 1 aromatic carbocycles. The average molecular weight is 511 g/mol. The van der Waals surface area contributed by atoms with Crippen molar-refractivity contribution in [2.45, 2.75) is 76.2 Å². The van der Waals surface area contributed by atoms with Crippen LogP contribution >= 0.6 is 11.6 Å². The molecule has 3 rings (SSSR count). The maximum absolute atomic E-state index is 15.1. The number of benzene rings is 1. The van der Waals surface area contributed by atoms with Gasteiger partial charge >= 0.3 is 0 Å². The van der Waals surface area contributed by atoms with Crippen LogP contribution < -0.4 is 5.32 Å². The standard InChI is InChI=1S/C28H44ClFN2O3/c1-31-19-22(17-21-9-3-4-10-21)18-26(33)32-15-8-11-23(20-32)28(34,14-5-6-16-35-2)24-12-7-13-25(29)27(24)30/h7,12-13,21-23,31,34H,3-6,8-11,14-20H2,1-2H3/t22-,23+,28-/m0/s1. The maximum Gasteiger partial charge on any atom is 0.222 e. The normalized spacial score (nSPS) is 21.7. The number of hydrogen-bond donors (Lipinski definition) is 2. The first-order valence-electron chi connectivity index (χ1n) is 13.5. The minimum atomic E-state index is -1.38. The monoisotopic (exact) mass is 510 g/mol. The van der Waals surface area contributed by atoms with E-state index in [1.165, 1.54) is 31.7 Å². The van der Waals surface area contributed by atoms with Crippen molar-refractivity contribution in [3.63, 3.8) is 0 Å². The van der Waals surface area contributed by atoms with Gasteiger partial charge in [0, 0.05) is 44.7 Å². The van der Waals surface area contributed by atoms with Crippen molar-refractivity contribution in [2.75, 3.05) is 40.4 Å². The number of nitrogens with one attached hydrogen (secondary N) is 1. The third-order valence-electron chi connectivity index (χ3n) is 8.12. The minimum Gasteiger partial charge on any atom is -0.385 e. The number of amides is 1. The number of hydrogen-bond acceptors (Lipinski definition) is 4. The molecule has 1 aromatic rings. The van der Waals surface area contributed by atoms with Crippen LogP contribution in [0, 0.1) is 23.6 Å². The predicted molar refractivity (Wildman–Crippen MR) is 139 cm³/mol. The Balaban J connectivity index is 1.73. The summed E-state index contributed by atoms with van der Waals surface area (Å²) in [6, 6.07) is 4.84. The summed E-state index contributed by atoms with van der Waals surface area (Å²) in [6.07, 6.45) is 10.2. The number of likely N-dealkylation sites (tertiary alicyclic amines) is 1. The molecule has 0 spiro atoms. The number of piperidine rings is 1. The van der Waals surface area contributed by atoms with Gasteiger partial charge in [0.25, 0.3) is 0 Å². The van der Waals surface area contributed by atoms with Gasteiger partial charge in [-0.25, -0.2) is 4.39 Å². The van der Waals surface area contributed by atoms with E-state index >= 15 is 4.39 Å². The highest BCUT2D eigenvalue weighted by Crippen LogP contribution is 2.42. The Labute approximate surface area is 215 Å². The number of unbranched alkanes of at least 4 members (excludes halogenated alkanes) is 1. The van der Waals surface area contributed by atoms with Crippen LogP contribution in [0.1, 0.15) is 76.2 Å². The van der Waals surface area contributed by atoms with Crippen LogP contribution in [-0.2, 0) is 15.1 Å². The van der Waals surface area contributed by atoms with E-state index in [-0.39, 0.29) is 22.4 Å². The number of carbonyl (C=O) groups excluding carboxylic acids is 1. The van der Waals surface area contributed by atoms with Gasteiger partial charge in [-0.3, -0.25) is 4.79 Å². The predicted octanol–water partition coefficient (Wildman–Crippen LogP) is 5.53. The smallest absolute Gasteiger partial charge is 0.222 e. The molecule has 3 atom stereocenters. The van der Waals surface area contributed by atoms with Gasteiger partial charge in [-0.05, 0) is 70.0 Å². The first kappa shape index (κ1) is 28.4. The lowest BCUT2D eigenvalue weighted by Crippen LogP contribution is -2.49. The second-order valence-corrected chi connectivity index (χ2v) is 11.1. The summed E-state index contributed by atoms with van der Waals surface area (Å²) >= 11 is 6.10. The van der Waals surface area contributed by atoms with Crippen LogP contribution in [0.5, 0.6) is 0 Å². The molecule has 0 aromatic heterocycles. The van der Waals surface area contributed by atoms with Crippen LogP contribution in [0.2, 0.25) is 5.02 Å². The van der Waals surface area contributed by atoms with E-state index < -0.39 is 11.4 Å². The third-order valence-corrected chi connectivity index (χ3v) is 8.41. The molecule has 0 unspecified atom stereocenters. The van der Waals surface area contributed by atoms with Gasteiger partial charge in [0.15, 0.2) is 0 Å². The van der Waals surface area contributed by atoms with Crippen LogP contribution in [0.15, 0.2) is 18.2 Å². The maximum atomic E-state index is 15.1. The Hall–Kier alpha value is -1.21. The van der Waals surface area contributed by atoms with Gasteiger partial charge in [0.2, 0.25) is 5.91 Å². The van der Waals surface area contributed by atoms with E-state index in [4.69, 9.17) is 16.3 Å². The number of methoxy groups -OCH3 is 1. The number of rotatable bonds is 13. The Morgan fingerprint density at radius 1 is 1.29 bits per heavy atom. The lowest BCUT2D eigenvalue weighted by Gasteiger charge is -2.43. The van der Waals surface area contributed by atoms with Crippen molar-refractivity contribution in [1.82, 2.24) is 10.2 Å². The largest absolute Gasteiger partial charge is 0.385 e. The number of halogens is 2. The summed E-state index contributed by atoms with van der Waals surface area (Å²) in [5.41, 5.74) is -1.13. The molecule has 1 amide bonds. The van der Waals surface area contributed by atoms with Crippen LogP contribution in [-0.4, -0.2) is 56.3 Å². The highest BCUT2D eigenvalue weighted by molar-refractivity contribution is 6.30. The molecule has 1 aliphatic heterocycles. The molecule has 7 heteroatoms. The zero-order valence-electron chi connectivity index (χ0n) is 21.5. The zero-order valence-corrected chi connectivity index (χ0v) is 22.3. The van der Waals surface area contributed by atoms with E-state index in [1.807, 2.05) is 11.9 Å². The van der Waals surface area contributed by atoms with Crippen molar-refractivity contribution in [3.8, 4) is 0 Å². The lowest BCUT2D eigenvalue weighted by atomic mass is 9.73. The van der Waals surface area contributed by atoms with E-state index in [1.54, 1.807) is 19.2 Å². The van der Waals surface area contributed by atoms with Gasteiger partial charge in [-0.15, -0.1) is 0 Å². The van der Waals surface area contributed by atoms with Crippen molar-refractivity contribution < 1.29 is 19.0 Å². The summed E-state index contributed by atoms with van der Waals surface area (Å²) < 4.78 is 20.3. The number of ether oxygens (including phenoxy) is 1. The second kappa shape index (κ2) is 13.9. The van der Waals surface area contributed by atoms with Crippen LogP contribution in [0.3, 0.4) is 0 Å². The number of carbonyl (C=O) groups is 1. The Morgan fingerprint density at radius 3 is 2.77 bits per heavy atom. The SMILES string of the molecule is CNC[C@H](CC(=O)N1CCC[C@@H]([C@@](O)(CCCCOC)c2cccc(Cl)c2F)C1)CC1CCCC1. The molecular formula is C28H44ClFN2O3. The highest BCUT2D eigenvalue weighted by atomic mass is 35.5. The second-order valence-electron chi connectivity index (χ2n) is 10.7. The Morgan fingerprint density at radius 2 is 2.06 bits per heavy atom. The summed E-state index contributed by atoms with van der Waals surface area (Å²) in [5.74, 6) is 0.416. The molecule has 2 fully saturated rings. The molecule has 1 saturated heterocycles. The fraction of sp³-hybridized carbons (Fsp3) is 0.750. The van der Waals surface area contributed by atoms with Crippen molar-refractivity contribution >= 4 is 17.5 Å². The van der Waals surface area contributed by atoms with Gasteiger partial charge in [0.1, 0.15) is 5.82 Å². The first-order chi connectivity index (χ1) is 16.9. The van der Waals surface area contributed by atoms with E-state index in [0.29, 0.717) is 44.9 Å². The molecule has 0 bridgehead atoms. The van der Waals surface area contributed by atoms with Crippen molar-refractivity contribution in [2.24, 2.45) is 17.8 Å². The first-order valence-corrected chi connectivity index (χ1v) is 13.8. The molecule has 1 aliphatic carbocycles. The van der Waals surface area contributed by atoms with Gasteiger partial charge in [-0.2, -0.15) is 0 Å². The van der Waals surface area contributed by atoms with Gasteiger partial charge in [-0.1, -0.05) is 49.4 Å². The molecule has 5 nitrogen and oxygen atoms in total. The number of nitrogens with zero attached hydrogens (tertiary/aromatic N) is 1. The zero-order chi connectivity index (χ0) is 25.3. The summed E-state index contributed by atoms with van der Waals surface area (Å²) in [5, 5.41) is 15.3. The molecule has 35 heavy (non-hydrogen) atoms. The lowest BCUT2D eigenvalue weighted by molar-refractivity contribution is -0.138. The van der Waals surface area contributed by atoms with Gasteiger partial charge in [0.05, 0.1) is 10.6 Å². The number of aliphatic hydroxyl groups is 1. The molecule has 1 heterocycles. The van der Waals surface area contributed by atoms with Crippen molar-refractivity contribution in [1.29, 1.82) is 0 Å². The fourth-order valence-corrected chi connectivity index (χ4v) is 6.43. The topological polar surface area (TPSA) is 61.8 Å². The molecule has 198 valence electrons. The molecule has 2 aliphatic rings. The molecule has 1 saturated carbocycles. The third kappa shape index (κ3) is 7.64.